The van der Waals surface area contributed by atoms with Crippen molar-refractivity contribution in [1.82, 2.24) is 4.90 Å². The second kappa shape index (κ2) is 9.46. The van der Waals surface area contributed by atoms with Crippen LogP contribution in [0.15, 0.2) is 0 Å². The van der Waals surface area contributed by atoms with Crippen molar-refractivity contribution in [3.05, 3.63) is 0 Å². The SMILES string of the molecule is CC.CC(C)C1CCN(CCCC(N)=O)CC1.[HH]. The van der Waals surface area contributed by atoms with Crippen molar-refractivity contribution in [2.45, 2.75) is 53.4 Å². The number of hydrogen-bond acceptors (Lipinski definition) is 2. The number of likely N-dealkylation sites (tertiary alicyclic amines) is 1. The van der Waals surface area contributed by atoms with E-state index in [0.29, 0.717) is 6.42 Å². The molecule has 0 aliphatic carbocycles. The van der Waals surface area contributed by atoms with Gasteiger partial charge >= 0.3 is 0 Å². The second-order valence-electron chi connectivity index (χ2n) is 4.99. The highest BCUT2D eigenvalue weighted by atomic mass is 16.1. The molecule has 1 amide bonds. The third-order valence-corrected chi connectivity index (χ3v) is 3.47. The highest BCUT2D eigenvalue weighted by Crippen LogP contribution is 2.24. The topological polar surface area (TPSA) is 46.3 Å². The molecule has 0 saturated carbocycles. The van der Waals surface area contributed by atoms with Crippen LogP contribution in [0.2, 0.25) is 0 Å². The number of primary amides is 1. The Morgan fingerprint density at radius 2 is 1.88 bits per heavy atom. The van der Waals surface area contributed by atoms with E-state index in [1.807, 2.05) is 13.8 Å². The van der Waals surface area contributed by atoms with Crippen LogP contribution in [0.5, 0.6) is 0 Å². The maximum absolute atomic E-state index is 10.6. The summed E-state index contributed by atoms with van der Waals surface area (Å²) in [5.41, 5.74) is 5.11. The number of rotatable bonds is 5. The molecule has 1 heterocycles. The van der Waals surface area contributed by atoms with E-state index in [4.69, 9.17) is 5.73 Å². The maximum Gasteiger partial charge on any atom is 0.217 e. The Balaban J connectivity index is 0. The molecular formula is C14H32N2O. The fourth-order valence-corrected chi connectivity index (χ4v) is 2.32. The normalized spacial score (nSPS) is 17.7. The molecule has 0 unspecified atom stereocenters. The van der Waals surface area contributed by atoms with Gasteiger partial charge < -0.3 is 10.6 Å². The average molecular weight is 244 g/mol. The van der Waals surface area contributed by atoms with E-state index in [-0.39, 0.29) is 7.33 Å². The molecule has 1 aliphatic rings. The molecule has 0 radical (unpaired) electrons. The predicted molar refractivity (Wildman–Crippen MR) is 75.9 cm³/mol. The molecule has 104 valence electrons. The molecule has 0 atom stereocenters. The molecule has 17 heavy (non-hydrogen) atoms. The number of nitrogens with zero attached hydrogens (tertiary/aromatic N) is 1. The lowest BCUT2D eigenvalue weighted by Crippen LogP contribution is -2.36. The summed E-state index contributed by atoms with van der Waals surface area (Å²) >= 11 is 0. The van der Waals surface area contributed by atoms with Gasteiger partial charge in [-0.05, 0) is 50.7 Å². The van der Waals surface area contributed by atoms with E-state index in [9.17, 15) is 4.79 Å². The highest BCUT2D eigenvalue weighted by Gasteiger charge is 2.20. The van der Waals surface area contributed by atoms with Crippen LogP contribution in [-0.4, -0.2) is 30.4 Å². The maximum atomic E-state index is 10.6. The van der Waals surface area contributed by atoms with Crippen molar-refractivity contribution in [3.8, 4) is 0 Å². The van der Waals surface area contributed by atoms with E-state index in [2.05, 4.69) is 18.7 Å². The fraction of sp³-hybridized carbons (Fsp3) is 0.929. The molecular weight excluding hydrogens is 212 g/mol. The first-order valence-electron chi connectivity index (χ1n) is 7.10. The van der Waals surface area contributed by atoms with Crippen LogP contribution in [0.25, 0.3) is 0 Å². The minimum atomic E-state index is -0.174. The number of amides is 1. The predicted octanol–water partition coefficient (Wildman–Crippen LogP) is 2.89. The van der Waals surface area contributed by atoms with Crippen molar-refractivity contribution in [2.75, 3.05) is 19.6 Å². The first-order chi connectivity index (χ1) is 8.09. The van der Waals surface area contributed by atoms with Crippen molar-refractivity contribution >= 4 is 5.91 Å². The molecule has 0 aromatic heterocycles. The Labute approximate surface area is 108 Å². The zero-order valence-corrected chi connectivity index (χ0v) is 12.0. The lowest BCUT2D eigenvalue weighted by atomic mass is 9.87. The molecule has 0 bridgehead atoms. The molecule has 2 N–H and O–H groups in total. The van der Waals surface area contributed by atoms with Crippen LogP contribution < -0.4 is 5.73 Å². The summed E-state index contributed by atoms with van der Waals surface area (Å²) < 4.78 is 0. The lowest BCUT2D eigenvalue weighted by Gasteiger charge is -2.33. The lowest BCUT2D eigenvalue weighted by molar-refractivity contribution is -0.118. The van der Waals surface area contributed by atoms with Gasteiger partial charge in [-0.25, -0.2) is 0 Å². The Hall–Kier alpha value is -0.570. The van der Waals surface area contributed by atoms with Crippen LogP contribution in [0.3, 0.4) is 0 Å². The minimum Gasteiger partial charge on any atom is -0.370 e. The van der Waals surface area contributed by atoms with Crippen LogP contribution >= 0.6 is 0 Å². The zero-order valence-electron chi connectivity index (χ0n) is 12.0. The Morgan fingerprint density at radius 1 is 1.35 bits per heavy atom. The highest BCUT2D eigenvalue weighted by molar-refractivity contribution is 5.73. The van der Waals surface area contributed by atoms with Crippen LogP contribution in [0.4, 0.5) is 0 Å². The summed E-state index contributed by atoms with van der Waals surface area (Å²) in [5.74, 6) is 1.54. The van der Waals surface area contributed by atoms with Gasteiger partial charge in [0.25, 0.3) is 0 Å². The Bertz CT molecular complexity index is 202. The van der Waals surface area contributed by atoms with E-state index in [1.165, 1.54) is 25.9 Å². The van der Waals surface area contributed by atoms with Crippen molar-refractivity contribution in [3.63, 3.8) is 0 Å². The summed E-state index contributed by atoms with van der Waals surface area (Å²) in [6, 6.07) is 0. The molecule has 3 nitrogen and oxygen atoms in total. The van der Waals surface area contributed by atoms with E-state index >= 15 is 0 Å². The summed E-state index contributed by atoms with van der Waals surface area (Å²) in [6.45, 7) is 12.1. The number of piperidine rings is 1. The third-order valence-electron chi connectivity index (χ3n) is 3.47. The number of nitrogens with two attached hydrogens (primary N) is 1. The number of carbonyl (C=O) groups excluding carboxylic acids is 1. The first-order valence-corrected chi connectivity index (χ1v) is 7.10. The second-order valence-corrected chi connectivity index (χ2v) is 4.99. The molecule has 1 fully saturated rings. The summed E-state index contributed by atoms with van der Waals surface area (Å²) in [7, 11) is 0. The average Bonchev–Trinajstić information content (AvgIpc) is 2.32. The molecule has 1 aliphatic heterocycles. The van der Waals surface area contributed by atoms with E-state index in [1.54, 1.807) is 0 Å². The van der Waals surface area contributed by atoms with Crippen LogP contribution in [0.1, 0.15) is 54.8 Å². The molecule has 1 saturated heterocycles. The summed E-state index contributed by atoms with van der Waals surface area (Å²) in [4.78, 5) is 13.0. The molecule has 0 spiro atoms. The number of carbonyl (C=O) groups is 1. The van der Waals surface area contributed by atoms with Gasteiger partial charge in [-0.1, -0.05) is 27.7 Å². The Morgan fingerprint density at radius 3 is 2.29 bits per heavy atom. The van der Waals surface area contributed by atoms with Crippen LogP contribution in [-0.2, 0) is 4.79 Å². The smallest absolute Gasteiger partial charge is 0.217 e. The van der Waals surface area contributed by atoms with Gasteiger partial charge in [0.05, 0.1) is 0 Å². The van der Waals surface area contributed by atoms with Gasteiger partial charge in [0.15, 0.2) is 0 Å². The fourth-order valence-electron chi connectivity index (χ4n) is 2.32. The third kappa shape index (κ3) is 7.37. The van der Waals surface area contributed by atoms with Gasteiger partial charge in [0.1, 0.15) is 0 Å². The Kier molecular flexibility index (Phi) is 9.14. The van der Waals surface area contributed by atoms with E-state index in [0.717, 1.165) is 24.8 Å². The van der Waals surface area contributed by atoms with Gasteiger partial charge in [-0.3, -0.25) is 4.79 Å². The summed E-state index contributed by atoms with van der Waals surface area (Å²) in [6.07, 6.45) is 4.08. The zero-order chi connectivity index (χ0) is 13.3. The standard InChI is InChI=1S/C12H24N2O.C2H6.H2/c1-10(2)11-5-8-14(9-6-11)7-3-4-12(13)15;1-2;/h10-11H,3-9H2,1-2H3,(H2,13,15);1-2H3;1H. The molecule has 0 aromatic rings. The molecule has 3 heteroatoms. The summed E-state index contributed by atoms with van der Waals surface area (Å²) in [5, 5.41) is 0. The van der Waals surface area contributed by atoms with Crippen LogP contribution in [0, 0.1) is 11.8 Å². The monoisotopic (exact) mass is 244 g/mol. The molecule has 0 aromatic carbocycles. The van der Waals surface area contributed by atoms with Gasteiger partial charge in [-0.15, -0.1) is 0 Å². The largest absolute Gasteiger partial charge is 0.370 e. The first kappa shape index (κ1) is 16.4. The number of hydrogen-bond donors (Lipinski definition) is 1. The van der Waals surface area contributed by atoms with Gasteiger partial charge in [0.2, 0.25) is 5.91 Å². The van der Waals surface area contributed by atoms with Crippen molar-refractivity contribution < 1.29 is 6.22 Å². The van der Waals surface area contributed by atoms with Crippen molar-refractivity contribution in [2.24, 2.45) is 17.6 Å². The quantitative estimate of drug-likeness (QED) is 0.808. The van der Waals surface area contributed by atoms with E-state index < -0.39 is 0 Å². The van der Waals surface area contributed by atoms with Gasteiger partial charge in [0, 0.05) is 7.85 Å². The minimum absolute atomic E-state index is 0. The van der Waals surface area contributed by atoms with Gasteiger partial charge in [-0.2, -0.15) is 0 Å². The molecule has 1 rings (SSSR count). The van der Waals surface area contributed by atoms with Crippen molar-refractivity contribution in [1.29, 1.82) is 0 Å².